The molecule has 2 rings (SSSR count). The molecule has 1 saturated heterocycles. The van der Waals surface area contributed by atoms with Gasteiger partial charge in [0, 0.05) is 17.7 Å². The first-order valence-corrected chi connectivity index (χ1v) is 6.45. The molecule has 0 unspecified atom stereocenters. The molecule has 0 bridgehead atoms. The molecular weight excluding hydrogens is 306 g/mol. The maximum Gasteiger partial charge on any atom is 0.270 e. The fourth-order valence-corrected chi connectivity index (χ4v) is 2.56. The van der Waals surface area contributed by atoms with E-state index in [1.54, 1.807) is 0 Å². The standard InChI is InChI=1S/C12H14ClNO7/c1-5-9(15)10(16)11(17)12(18,21-5)7-3-2-6(14(19)20)4-8(7)13/h2-5,9-11,15-18H,1H3/t5-,9+,10+,11-,12+/m0/s1. The third kappa shape index (κ3) is 2.61. The van der Waals surface area contributed by atoms with Gasteiger partial charge in [-0.15, -0.1) is 0 Å². The highest BCUT2D eigenvalue weighted by molar-refractivity contribution is 6.31. The van der Waals surface area contributed by atoms with Crippen LogP contribution < -0.4 is 0 Å². The Morgan fingerprint density at radius 2 is 1.95 bits per heavy atom. The van der Waals surface area contributed by atoms with Crippen molar-refractivity contribution in [3.8, 4) is 0 Å². The molecule has 4 N–H and O–H groups in total. The van der Waals surface area contributed by atoms with Crippen molar-refractivity contribution >= 4 is 17.3 Å². The molecule has 116 valence electrons. The van der Waals surface area contributed by atoms with Crippen LogP contribution in [0.3, 0.4) is 0 Å². The molecule has 5 atom stereocenters. The van der Waals surface area contributed by atoms with E-state index in [0.717, 1.165) is 18.2 Å². The summed E-state index contributed by atoms with van der Waals surface area (Å²) in [5, 5.41) is 50.3. The van der Waals surface area contributed by atoms with Gasteiger partial charge in [-0.1, -0.05) is 11.6 Å². The minimum atomic E-state index is -2.38. The van der Waals surface area contributed by atoms with Crippen LogP contribution in [0.2, 0.25) is 5.02 Å². The Balaban J connectivity index is 2.46. The van der Waals surface area contributed by atoms with Gasteiger partial charge in [-0.2, -0.15) is 0 Å². The molecule has 0 aromatic heterocycles. The zero-order valence-electron chi connectivity index (χ0n) is 10.9. The van der Waals surface area contributed by atoms with E-state index in [2.05, 4.69) is 0 Å². The number of rotatable bonds is 2. The van der Waals surface area contributed by atoms with Crippen LogP contribution in [0.5, 0.6) is 0 Å². The van der Waals surface area contributed by atoms with Gasteiger partial charge >= 0.3 is 0 Å². The molecule has 8 nitrogen and oxygen atoms in total. The minimum Gasteiger partial charge on any atom is -0.388 e. The van der Waals surface area contributed by atoms with Crippen molar-refractivity contribution in [3.05, 3.63) is 38.9 Å². The van der Waals surface area contributed by atoms with E-state index in [4.69, 9.17) is 16.3 Å². The van der Waals surface area contributed by atoms with E-state index in [1.807, 2.05) is 0 Å². The summed E-state index contributed by atoms with van der Waals surface area (Å²) in [5.41, 5.74) is -0.439. The van der Waals surface area contributed by atoms with Gasteiger partial charge in [0.05, 0.1) is 16.0 Å². The molecule has 1 heterocycles. The summed E-state index contributed by atoms with van der Waals surface area (Å²) in [5.74, 6) is -2.38. The molecule has 9 heteroatoms. The lowest BCUT2D eigenvalue weighted by molar-refractivity contribution is -0.385. The minimum absolute atomic E-state index is 0.139. The van der Waals surface area contributed by atoms with Gasteiger partial charge in [0.15, 0.2) is 0 Å². The first-order valence-electron chi connectivity index (χ1n) is 6.07. The predicted molar refractivity (Wildman–Crippen MR) is 70.6 cm³/mol. The highest BCUT2D eigenvalue weighted by Crippen LogP contribution is 2.40. The fraction of sp³-hybridized carbons (Fsp3) is 0.500. The van der Waals surface area contributed by atoms with Crippen LogP contribution >= 0.6 is 11.6 Å². The van der Waals surface area contributed by atoms with Crippen molar-refractivity contribution in [1.29, 1.82) is 0 Å². The molecule has 1 aliphatic heterocycles. The summed E-state index contributed by atoms with van der Waals surface area (Å²) >= 11 is 5.89. The van der Waals surface area contributed by atoms with Gasteiger partial charge < -0.3 is 25.2 Å². The number of aliphatic hydroxyl groups excluding tert-OH is 3. The Kier molecular flexibility index (Phi) is 4.20. The van der Waals surface area contributed by atoms with E-state index < -0.39 is 35.1 Å². The Bertz CT molecular complexity index is 569. The second-order valence-electron chi connectivity index (χ2n) is 4.87. The number of benzene rings is 1. The number of hydrogen-bond acceptors (Lipinski definition) is 7. The Morgan fingerprint density at radius 1 is 1.33 bits per heavy atom. The summed E-state index contributed by atoms with van der Waals surface area (Å²) in [6.07, 6.45) is -5.91. The SMILES string of the molecule is C[C@@H]1O[C@](O)(c2ccc([N+](=O)[O-])cc2Cl)[C@@H](O)[C@H](O)[C@@H]1O. The Hall–Kier alpha value is -1.29. The average molecular weight is 320 g/mol. The zero-order chi connectivity index (χ0) is 15.9. The second-order valence-corrected chi connectivity index (χ2v) is 5.27. The van der Waals surface area contributed by atoms with Crippen LogP contribution in [0.4, 0.5) is 5.69 Å². The van der Waals surface area contributed by atoms with Crippen molar-refractivity contribution < 1.29 is 30.1 Å². The first kappa shape index (κ1) is 16.1. The fourth-order valence-electron chi connectivity index (χ4n) is 2.25. The summed E-state index contributed by atoms with van der Waals surface area (Å²) in [6, 6.07) is 3.20. The smallest absolute Gasteiger partial charge is 0.270 e. The van der Waals surface area contributed by atoms with Crippen LogP contribution in [0.25, 0.3) is 0 Å². The number of nitro groups is 1. The predicted octanol–water partition coefficient (Wildman–Crippen LogP) is -0.105. The molecule has 0 spiro atoms. The Morgan fingerprint density at radius 3 is 2.48 bits per heavy atom. The lowest BCUT2D eigenvalue weighted by Crippen LogP contribution is -2.62. The third-order valence-electron chi connectivity index (χ3n) is 3.47. The number of nitrogens with zero attached hydrogens (tertiary/aromatic N) is 1. The van der Waals surface area contributed by atoms with E-state index >= 15 is 0 Å². The third-order valence-corrected chi connectivity index (χ3v) is 3.78. The molecule has 0 amide bonds. The monoisotopic (exact) mass is 319 g/mol. The first-order chi connectivity index (χ1) is 9.68. The maximum absolute atomic E-state index is 10.7. The summed E-state index contributed by atoms with van der Waals surface area (Å²) < 4.78 is 5.18. The molecule has 1 aromatic carbocycles. The maximum atomic E-state index is 10.7. The van der Waals surface area contributed by atoms with Crippen LogP contribution in [0, 0.1) is 10.1 Å². The molecular formula is C12H14ClNO7. The lowest BCUT2D eigenvalue weighted by Gasteiger charge is -2.45. The van der Waals surface area contributed by atoms with E-state index in [9.17, 15) is 30.5 Å². The molecule has 1 aromatic rings. The van der Waals surface area contributed by atoms with Gasteiger partial charge in [0.1, 0.15) is 18.3 Å². The van der Waals surface area contributed by atoms with Gasteiger partial charge in [0.2, 0.25) is 5.79 Å². The summed E-state index contributed by atoms with van der Waals surface area (Å²) in [7, 11) is 0. The summed E-state index contributed by atoms with van der Waals surface area (Å²) in [4.78, 5) is 10.00. The molecule has 0 saturated carbocycles. The molecule has 0 radical (unpaired) electrons. The van der Waals surface area contributed by atoms with Gasteiger partial charge in [0.25, 0.3) is 5.69 Å². The number of aliphatic hydroxyl groups is 4. The van der Waals surface area contributed by atoms with Crippen LogP contribution in [-0.4, -0.2) is 49.8 Å². The van der Waals surface area contributed by atoms with Crippen LogP contribution in [0.1, 0.15) is 12.5 Å². The number of nitro benzene ring substituents is 1. The van der Waals surface area contributed by atoms with Crippen molar-refractivity contribution in [2.24, 2.45) is 0 Å². The van der Waals surface area contributed by atoms with Crippen molar-refractivity contribution in [3.63, 3.8) is 0 Å². The average Bonchev–Trinajstić information content (AvgIpc) is 2.42. The highest BCUT2D eigenvalue weighted by Gasteiger charge is 2.53. The van der Waals surface area contributed by atoms with E-state index in [0.29, 0.717) is 0 Å². The largest absolute Gasteiger partial charge is 0.388 e. The lowest BCUT2D eigenvalue weighted by atomic mass is 9.88. The Labute approximate surface area is 124 Å². The van der Waals surface area contributed by atoms with Gasteiger partial charge in [-0.05, 0) is 13.0 Å². The quantitative estimate of drug-likeness (QED) is 0.441. The van der Waals surface area contributed by atoms with Crippen molar-refractivity contribution in [1.82, 2.24) is 0 Å². The molecule has 1 aliphatic rings. The number of ether oxygens (including phenoxy) is 1. The molecule has 21 heavy (non-hydrogen) atoms. The second kappa shape index (κ2) is 5.48. The number of hydrogen-bond donors (Lipinski definition) is 4. The normalized spacial score (nSPS) is 36.5. The van der Waals surface area contributed by atoms with E-state index in [1.165, 1.54) is 6.92 Å². The van der Waals surface area contributed by atoms with Gasteiger partial charge in [-0.25, -0.2) is 0 Å². The van der Waals surface area contributed by atoms with Crippen LogP contribution in [0.15, 0.2) is 18.2 Å². The number of halogens is 1. The zero-order valence-corrected chi connectivity index (χ0v) is 11.6. The topological polar surface area (TPSA) is 133 Å². The van der Waals surface area contributed by atoms with Crippen molar-refractivity contribution in [2.45, 2.75) is 37.1 Å². The van der Waals surface area contributed by atoms with Gasteiger partial charge in [-0.3, -0.25) is 10.1 Å². The van der Waals surface area contributed by atoms with E-state index in [-0.39, 0.29) is 16.3 Å². The summed E-state index contributed by atoms with van der Waals surface area (Å²) in [6.45, 7) is 1.39. The highest BCUT2D eigenvalue weighted by atomic mass is 35.5. The van der Waals surface area contributed by atoms with Crippen LogP contribution in [-0.2, 0) is 10.5 Å². The molecule has 0 aliphatic carbocycles. The number of non-ortho nitro benzene ring substituents is 1. The van der Waals surface area contributed by atoms with Crippen molar-refractivity contribution in [2.75, 3.05) is 0 Å². The molecule has 1 fully saturated rings.